The highest BCUT2D eigenvalue weighted by Gasteiger charge is 2.24. The van der Waals surface area contributed by atoms with Crippen molar-refractivity contribution in [2.24, 2.45) is 0 Å². The van der Waals surface area contributed by atoms with Gasteiger partial charge in [0, 0.05) is 106 Å². The predicted octanol–water partition coefficient (Wildman–Crippen LogP) is 12.3. The van der Waals surface area contributed by atoms with Crippen molar-refractivity contribution in [3.63, 3.8) is 0 Å². The molecule has 87 heavy (non-hydrogen) atoms. The second-order valence-corrected chi connectivity index (χ2v) is 19.6. The molecule has 9 aromatic carbocycles. The molecule has 12 aromatic rings. The Labute approximate surface area is 547 Å². The summed E-state index contributed by atoms with van der Waals surface area (Å²) in [6, 6.07) is 16.8. The molecule has 0 bridgehead atoms. The number of rotatable bonds is 12. The number of aromatic nitrogens is 3. The number of anilines is 3. The molecule has 3 N–H and O–H groups in total. The minimum absolute atomic E-state index is 0.00302. The summed E-state index contributed by atoms with van der Waals surface area (Å²) >= 11 is 0. The Hall–Kier alpha value is -9.93. The third-order valence-electron chi connectivity index (χ3n) is 13.9. The molecule has 3 aliphatic heterocycles. The highest BCUT2D eigenvalue weighted by Crippen LogP contribution is 2.31. The van der Waals surface area contributed by atoms with Gasteiger partial charge in [0.05, 0.1) is 67.9 Å². The van der Waals surface area contributed by atoms with E-state index in [9.17, 15) is 14.4 Å². The first-order chi connectivity index (χ1) is 55.3. The van der Waals surface area contributed by atoms with E-state index in [-0.39, 0.29) is 160 Å². The fourth-order valence-electron chi connectivity index (χ4n) is 9.73. The van der Waals surface area contributed by atoms with E-state index in [0.717, 1.165) is 0 Å². The molecule has 3 aromatic heterocycles. The molecule has 0 atom stereocenters. The van der Waals surface area contributed by atoms with E-state index >= 15 is 0 Å². The standard InChI is InChI=1S/3C24H23N3O2/c3*28-24-25-21-10-5-11-22(23(21)29-24)27-14-12-26(13-15-27)17-18-6-4-9-20(16-18)19-7-2-1-3-8-19/h3*1-11,16H,12-15,17H2,(H,25,28)/i4D,5D,6D,9D,10D,11D,12D2,13D2,14D2,15D2,16D;4D,5D,6D,9D,10D,11D,16D,17D2;4D,5D,6D,9D,10D,11D,16D. The van der Waals surface area contributed by atoms with Gasteiger partial charge in [0.25, 0.3) is 0 Å². The first-order valence-corrected chi connectivity index (χ1v) is 27.2. The van der Waals surface area contributed by atoms with E-state index in [1.54, 1.807) is 65.6 Å². The van der Waals surface area contributed by atoms with Crippen molar-refractivity contribution in [1.29, 1.82) is 0 Å². The summed E-state index contributed by atoms with van der Waals surface area (Å²) in [6.45, 7) is -15.0. The van der Waals surface area contributed by atoms with E-state index in [4.69, 9.17) is 55.7 Å². The smallest absolute Gasteiger partial charge is 0.406 e. The zero-order valence-electron chi connectivity index (χ0n) is 76.9. The molecule has 0 amide bonds. The molecule has 15 heteroatoms. The first kappa shape index (κ1) is 30.9. The van der Waals surface area contributed by atoms with Gasteiger partial charge in [-0.25, -0.2) is 14.4 Å². The molecule has 0 spiro atoms. The maximum atomic E-state index is 12.0. The minimum atomic E-state index is -3.61. The number of para-hydroxylation sites is 3. The highest BCUT2D eigenvalue weighted by molar-refractivity contribution is 5.88. The Morgan fingerprint density at radius 2 is 0.713 bits per heavy atom. The van der Waals surface area contributed by atoms with Gasteiger partial charge >= 0.3 is 17.3 Å². The summed E-state index contributed by atoms with van der Waals surface area (Å²) in [4.78, 5) is 49.6. The van der Waals surface area contributed by atoms with Crippen molar-refractivity contribution in [2.45, 2.75) is 19.6 Å². The third-order valence-corrected chi connectivity index (χ3v) is 13.9. The molecule has 15 rings (SSSR count). The predicted molar refractivity (Wildman–Crippen MR) is 349 cm³/mol. The Morgan fingerprint density at radius 3 is 1.13 bits per heavy atom. The number of aromatic amines is 3. The van der Waals surface area contributed by atoms with Gasteiger partial charge in [0.1, 0.15) is 0 Å². The van der Waals surface area contributed by atoms with Crippen LogP contribution in [0.2, 0.25) is 0 Å². The number of fused-ring (bicyclic) bond motifs is 3. The van der Waals surface area contributed by atoms with Gasteiger partial charge in [-0.1, -0.05) is 164 Å². The quantitative estimate of drug-likeness (QED) is 0.107. The first-order valence-electron chi connectivity index (χ1n) is 42.7. The summed E-state index contributed by atoms with van der Waals surface area (Å²) in [5, 5.41) is 0. The van der Waals surface area contributed by atoms with Gasteiger partial charge in [0.2, 0.25) is 0 Å². The Morgan fingerprint density at radius 1 is 0.368 bits per heavy atom. The Bertz CT molecular complexity index is 6160. The summed E-state index contributed by atoms with van der Waals surface area (Å²) in [7, 11) is 0. The lowest BCUT2D eigenvalue weighted by molar-refractivity contribution is 0.250. The molecule has 0 radical (unpaired) electrons. The van der Waals surface area contributed by atoms with Gasteiger partial charge in [0.15, 0.2) is 16.7 Å². The lowest BCUT2D eigenvalue weighted by atomic mass is 10.0. The second-order valence-electron chi connectivity index (χ2n) is 19.6. The van der Waals surface area contributed by atoms with Crippen LogP contribution >= 0.6 is 0 Å². The topological polar surface area (TPSA) is 157 Å². The number of hydrogen-bond donors (Lipinski definition) is 3. The van der Waals surface area contributed by atoms with Gasteiger partial charge in [-0.3, -0.25) is 29.7 Å². The molecule has 3 saturated heterocycles. The van der Waals surface area contributed by atoms with Crippen LogP contribution in [0.25, 0.3) is 66.7 Å². The number of piperazine rings is 3. The van der Waals surface area contributed by atoms with Crippen LogP contribution in [0.15, 0.2) is 246 Å². The van der Waals surface area contributed by atoms with E-state index < -0.39 is 133 Å². The number of nitrogens with one attached hydrogen (secondary N) is 3. The minimum Gasteiger partial charge on any atom is -0.406 e. The largest absolute Gasteiger partial charge is 0.417 e. The van der Waals surface area contributed by atoms with Crippen molar-refractivity contribution >= 4 is 50.4 Å². The number of oxazole rings is 3. The molecule has 15 nitrogen and oxygen atoms in total. The van der Waals surface area contributed by atoms with Crippen molar-refractivity contribution in [3.05, 3.63) is 266 Å². The molecule has 438 valence electrons. The zero-order valence-corrected chi connectivity index (χ0v) is 45.9. The lowest BCUT2D eigenvalue weighted by Crippen LogP contribution is -2.46. The third kappa shape index (κ3) is 13.5. The fraction of sp³-hybridized carbons (Fsp3) is 0.208. The molecule has 0 saturated carbocycles. The zero-order chi connectivity index (χ0) is 86.1. The SMILES string of the molecule is [2H]c1c([2H])c(-c2ccccc2)c([2H])c(C([2H])([2H])N2CCN(c3c([2H])c([2H])c([2H])c4[nH]c(=O)oc34)CC2)c1[2H].[2H]c1c([2H])c(CN2C([2H])([2H])C([2H])([2H])N(c3c([2H])c([2H])c([2H])c4[nH]c(=O)oc34)C([2H])([2H])C2([2H])[2H])c([2H])c(-c2ccccc2)c1[2H].[2H]c1c([2H])c(CN2CCN(c3c([2H])c([2H])c([2H])c4[nH]c(=O)oc34)CC2)c([2H])c(-c2ccccc2)c1[2H]. The molecular formula is C72H69N9O6. The maximum Gasteiger partial charge on any atom is 0.417 e. The van der Waals surface area contributed by atoms with Gasteiger partial charge in [-0.15, -0.1) is 0 Å². The Balaban J connectivity index is 0.000000154. The molecule has 0 unspecified atom stereocenters. The molecule has 3 aliphatic rings. The van der Waals surface area contributed by atoms with E-state index in [2.05, 4.69) is 15.0 Å². The summed E-state index contributed by atoms with van der Waals surface area (Å²) in [5.74, 6) is -2.75. The van der Waals surface area contributed by atoms with E-state index in [0.29, 0.717) is 59.7 Å². The average Bonchev–Trinajstić information content (AvgIpc) is 0.795. The number of hydrogen-bond acceptors (Lipinski definition) is 12. The van der Waals surface area contributed by atoms with Crippen LogP contribution in [0.3, 0.4) is 0 Å². The van der Waals surface area contributed by atoms with Gasteiger partial charge < -0.3 is 28.0 Å². The summed E-state index contributed by atoms with van der Waals surface area (Å²) < 4.78 is 279. The normalized spacial score (nSPS) is 22.7. The Kier molecular flexibility index (Phi) is 9.29. The van der Waals surface area contributed by atoms with Crippen LogP contribution in [0.4, 0.5) is 17.1 Å². The highest BCUT2D eigenvalue weighted by atomic mass is 16.4. The van der Waals surface area contributed by atoms with Crippen molar-refractivity contribution in [2.75, 3.05) is 93.0 Å². The summed E-state index contributed by atoms with van der Waals surface area (Å²) in [5.41, 5.74) is -0.175. The van der Waals surface area contributed by atoms with Crippen molar-refractivity contribution in [1.82, 2.24) is 29.7 Å². The van der Waals surface area contributed by atoms with E-state index in [1.807, 2.05) is 28.0 Å². The van der Waals surface area contributed by atoms with Crippen molar-refractivity contribution in [3.8, 4) is 33.4 Å². The average molecular weight is 1190 g/mol. The maximum absolute atomic E-state index is 12.0. The lowest BCUT2D eigenvalue weighted by Gasteiger charge is -2.36. The van der Waals surface area contributed by atoms with Crippen LogP contribution in [0.1, 0.15) is 59.2 Å². The fourth-order valence-corrected chi connectivity index (χ4v) is 9.73. The van der Waals surface area contributed by atoms with Gasteiger partial charge in [-0.2, -0.15) is 0 Å². The number of benzene rings is 9. The van der Waals surface area contributed by atoms with Crippen LogP contribution in [-0.4, -0.2) is 108 Å². The molecule has 3 fully saturated rings. The van der Waals surface area contributed by atoms with Crippen LogP contribution in [-0.2, 0) is 19.6 Å². The van der Waals surface area contributed by atoms with Crippen LogP contribution < -0.4 is 32.0 Å². The molecular weight excluding hydrogens is 1090 g/mol. The van der Waals surface area contributed by atoms with E-state index in [1.165, 1.54) is 17.0 Å². The van der Waals surface area contributed by atoms with Crippen LogP contribution in [0.5, 0.6) is 0 Å². The molecule has 0 aliphatic carbocycles. The number of nitrogens with zero attached hydrogens (tertiary/aromatic N) is 6. The van der Waals surface area contributed by atoms with Gasteiger partial charge in [-0.05, 0) is 104 Å². The molecule has 6 heterocycles. The monoisotopic (exact) mass is 1190 g/mol. The number of H-pyrrole nitrogens is 3. The van der Waals surface area contributed by atoms with Crippen molar-refractivity contribution < 1.29 is 55.7 Å². The summed E-state index contributed by atoms with van der Waals surface area (Å²) in [6.07, 6.45) is 0. The second kappa shape index (κ2) is 26.1. The van der Waals surface area contributed by atoms with Crippen LogP contribution in [0, 0.1) is 0 Å².